The lowest BCUT2D eigenvalue weighted by atomic mass is 9.79. The summed E-state index contributed by atoms with van der Waals surface area (Å²) in [5, 5.41) is 0. The van der Waals surface area contributed by atoms with Crippen molar-refractivity contribution in [3.05, 3.63) is 35.4 Å². The standard InChI is InChI=1S/C15H20F3N/c16-15(17,18)9-8-13(19)10-12-6-3-5-11-4-1-2-7-14(11)12/h1-2,4,7,12-13H,3,5-6,8-10,19H2. The Morgan fingerprint density at radius 2 is 2.00 bits per heavy atom. The molecule has 0 bridgehead atoms. The molecule has 0 heterocycles. The topological polar surface area (TPSA) is 26.0 Å². The lowest BCUT2D eigenvalue weighted by molar-refractivity contribution is -0.136. The summed E-state index contributed by atoms with van der Waals surface area (Å²) in [6.07, 6.45) is -0.964. The molecule has 0 saturated heterocycles. The predicted molar refractivity (Wildman–Crippen MR) is 70.0 cm³/mol. The quantitative estimate of drug-likeness (QED) is 0.874. The number of alkyl halides is 3. The van der Waals surface area contributed by atoms with Crippen molar-refractivity contribution in [3.63, 3.8) is 0 Å². The van der Waals surface area contributed by atoms with Crippen molar-refractivity contribution in [1.29, 1.82) is 0 Å². The second-order valence-corrected chi connectivity index (χ2v) is 5.44. The summed E-state index contributed by atoms with van der Waals surface area (Å²) >= 11 is 0. The summed E-state index contributed by atoms with van der Waals surface area (Å²) < 4.78 is 36.5. The van der Waals surface area contributed by atoms with Crippen LogP contribution in [0.4, 0.5) is 13.2 Å². The molecular weight excluding hydrogens is 251 g/mol. The zero-order chi connectivity index (χ0) is 13.9. The van der Waals surface area contributed by atoms with E-state index in [-0.39, 0.29) is 12.5 Å². The Bertz CT molecular complexity index is 414. The Hall–Kier alpha value is -1.03. The van der Waals surface area contributed by atoms with Crippen molar-refractivity contribution in [3.8, 4) is 0 Å². The molecule has 0 spiro atoms. The van der Waals surface area contributed by atoms with Crippen molar-refractivity contribution >= 4 is 0 Å². The van der Waals surface area contributed by atoms with Crippen molar-refractivity contribution in [1.82, 2.24) is 0 Å². The molecule has 0 amide bonds. The van der Waals surface area contributed by atoms with Gasteiger partial charge in [0.25, 0.3) is 0 Å². The Kier molecular flexibility index (Phi) is 4.50. The first kappa shape index (κ1) is 14.4. The van der Waals surface area contributed by atoms with E-state index in [1.165, 1.54) is 11.1 Å². The van der Waals surface area contributed by atoms with Gasteiger partial charge in [0.1, 0.15) is 0 Å². The van der Waals surface area contributed by atoms with Gasteiger partial charge >= 0.3 is 6.18 Å². The predicted octanol–water partition coefficient (Wildman–Crippen LogP) is 4.17. The minimum Gasteiger partial charge on any atom is -0.328 e. The molecule has 4 heteroatoms. The van der Waals surface area contributed by atoms with Gasteiger partial charge in [-0.05, 0) is 49.1 Å². The molecule has 2 N–H and O–H groups in total. The number of aryl methyl sites for hydroxylation is 1. The van der Waals surface area contributed by atoms with Crippen LogP contribution in [-0.2, 0) is 6.42 Å². The van der Waals surface area contributed by atoms with Crippen LogP contribution in [-0.4, -0.2) is 12.2 Å². The molecule has 2 rings (SSSR count). The maximum absolute atomic E-state index is 12.2. The number of rotatable bonds is 4. The second kappa shape index (κ2) is 5.95. The maximum atomic E-state index is 12.2. The van der Waals surface area contributed by atoms with Gasteiger partial charge in [0, 0.05) is 12.5 Å². The highest BCUT2D eigenvalue weighted by molar-refractivity contribution is 5.32. The van der Waals surface area contributed by atoms with E-state index in [4.69, 9.17) is 5.73 Å². The SMILES string of the molecule is NC(CCC(F)(F)F)CC1CCCc2ccccc21. The van der Waals surface area contributed by atoms with Crippen molar-refractivity contribution in [2.24, 2.45) is 5.73 Å². The van der Waals surface area contributed by atoms with Crippen LogP contribution in [0.3, 0.4) is 0 Å². The molecule has 19 heavy (non-hydrogen) atoms. The smallest absolute Gasteiger partial charge is 0.328 e. The number of nitrogens with two attached hydrogens (primary N) is 1. The maximum Gasteiger partial charge on any atom is 0.389 e. The minimum atomic E-state index is -4.10. The molecule has 2 unspecified atom stereocenters. The third kappa shape index (κ3) is 4.23. The monoisotopic (exact) mass is 271 g/mol. The molecule has 1 aromatic rings. The third-order valence-electron chi connectivity index (χ3n) is 3.88. The molecule has 1 nitrogen and oxygen atoms in total. The van der Waals surface area contributed by atoms with E-state index in [9.17, 15) is 13.2 Å². The van der Waals surface area contributed by atoms with E-state index in [2.05, 4.69) is 12.1 Å². The average Bonchev–Trinajstić information content (AvgIpc) is 2.36. The molecule has 106 valence electrons. The molecule has 0 radical (unpaired) electrons. The molecule has 0 aromatic heterocycles. The van der Waals surface area contributed by atoms with E-state index in [0.29, 0.717) is 12.3 Å². The molecule has 0 saturated carbocycles. The van der Waals surface area contributed by atoms with Crippen LogP contribution in [0.2, 0.25) is 0 Å². The minimum absolute atomic E-state index is 0.0299. The summed E-state index contributed by atoms with van der Waals surface area (Å²) in [6.45, 7) is 0. The van der Waals surface area contributed by atoms with E-state index < -0.39 is 12.6 Å². The highest BCUT2D eigenvalue weighted by atomic mass is 19.4. The van der Waals surface area contributed by atoms with Gasteiger partial charge in [0.2, 0.25) is 0 Å². The van der Waals surface area contributed by atoms with Gasteiger partial charge in [0.15, 0.2) is 0 Å². The van der Waals surface area contributed by atoms with Gasteiger partial charge in [-0.3, -0.25) is 0 Å². The van der Waals surface area contributed by atoms with Crippen molar-refractivity contribution < 1.29 is 13.2 Å². The number of benzene rings is 1. The van der Waals surface area contributed by atoms with Crippen LogP contribution in [0.1, 0.15) is 49.1 Å². The van der Waals surface area contributed by atoms with E-state index in [0.717, 1.165) is 19.3 Å². The largest absolute Gasteiger partial charge is 0.389 e. The Balaban J connectivity index is 1.93. The number of hydrogen-bond acceptors (Lipinski definition) is 1. The molecular formula is C15H20F3N. The van der Waals surface area contributed by atoms with E-state index in [1.807, 2.05) is 12.1 Å². The number of halogens is 3. The highest BCUT2D eigenvalue weighted by Crippen LogP contribution is 2.35. The van der Waals surface area contributed by atoms with Crippen LogP contribution in [0.25, 0.3) is 0 Å². The Labute approximate surface area is 112 Å². The molecule has 0 aliphatic heterocycles. The molecule has 1 aromatic carbocycles. The molecule has 2 atom stereocenters. The van der Waals surface area contributed by atoms with Gasteiger partial charge in [-0.25, -0.2) is 0 Å². The van der Waals surface area contributed by atoms with Crippen LogP contribution in [0.5, 0.6) is 0 Å². The van der Waals surface area contributed by atoms with Gasteiger partial charge in [-0.15, -0.1) is 0 Å². The fourth-order valence-corrected chi connectivity index (χ4v) is 2.93. The van der Waals surface area contributed by atoms with Crippen LogP contribution < -0.4 is 5.73 Å². The first-order valence-electron chi connectivity index (χ1n) is 6.86. The van der Waals surface area contributed by atoms with Crippen LogP contribution in [0, 0.1) is 0 Å². The molecule has 0 fully saturated rings. The average molecular weight is 271 g/mol. The Morgan fingerprint density at radius 3 is 2.74 bits per heavy atom. The van der Waals surface area contributed by atoms with Crippen LogP contribution in [0.15, 0.2) is 24.3 Å². The lowest BCUT2D eigenvalue weighted by Crippen LogP contribution is -2.26. The van der Waals surface area contributed by atoms with Gasteiger partial charge in [-0.2, -0.15) is 13.2 Å². The summed E-state index contributed by atoms with van der Waals surface area (Å²) in [5.74, 6) is 0.327. The van der Waals surface area contributed by atoms with E-state index >= 15 is 0 Å². The lowest BCUT2D eigenvalue weighted by Gasteiger charge is -2.27. The van der Waals surface area contributed by atoms with Crippen molar-refractivity contribution in [2.75, 3.05) is 0 Å². The fourth-order valence-electron chi connectivity index (χ4n) is 2.93. The van der Waals surface area contributed by atoms with Gasteiger partial charge < -0.3 is 5.73 Å². The summed E-state index contributed by atoms with van der Waals surface area (Å²) in [7, 11) is 0. The summed E-state index contributed by atoms with van der Waals surface area (Å²) in [5.41, 5.74) is 8.49. The zero-order valence-electron chi connectivity index (χ0n) is 10.9. The van der Waals surface area contributed by atoms with E-state index in [1.54, 1.807) is 0 Å². The van der Waals surface area contributed by atoms with Crippen molar-refractivity contribution in [2.45, 2.75) is 56.7 Å². The first-order valence-corrected chi connectivity index (χ1v) is 6.86. The van der Waals surface area contributed by atoms with Gasteiger partial charge in [-0.1, -0.05) is 24.3 Å². The number of hydrogen-bond donors (Lipinski definition) is 1. The molecule has 1 aliphatic rings. The highest BCUT2D eigenvalue weighted by Gasteiger charge is 2.29. The van der Waals surface area contributed by atoms with Gasteiger partial charge in [0.05, 0.1) is 0 Å². The number of fused-ring (bicyclic) bond motifs is 1. The second-order valence-electron chi connectivity index (χ2n) is 5.44. The molecule has 1 aliphatic carbocycles. The normalized spacial score (nSPS) is 20.9. The summed E-state index contributed by atoms with van der Waals surface area (Å²) in [4.78, 5) is 0. The van der Waals surface area contributed by atoms with Crippen LogP contribution >= 0.6 is 0 Å². The first-order chi connectivity index (χ1) is 8.96. The fraction of sp³-hybridized carbons (Fsp3) is 0.600. The zero-order valence-corrected chi connectivity index (χ0v) is 10.9. The third-order valence-corrected chi connectivity index (χ3v) is 3.88. The Morgan fingerprint density at radius 1 is 1.26 bits per heavy atom. The summed E-state index contributed by atoms with van der Waals surface area (Å²) in [6, 6.07) is 7.86.